The van der Waals surface area contributed by atoms with Gasteiger partial charge in [0.2, 0.25) is 5.89 Å². The fourth-order valence-corrected chi connectivity index (χ4v) is 1.78. The smallest absolute Gasteiger partial charge is 0.246 e. The third-order valence-electron chi connectivity index (χ3n) is 2.90. The molecular weight excluding hydrogens is 264 g/mol. The molecule has 0 radical (unpaired) electrons. The standard InChI is InChI=1S/C13H17ClN4O/c1-3-11(15)13-16-12(19-17-13)8-18(2)10-6-4-9(14)5-7-10/h4-7,11H,3,8,15H2,1-2H3. The second kappa shape index (κ2) is 6.04. The van der Waals surface area contributed by atoms with Gasteiger partial charge in [-0.05, 0) is 30.7 Å². The largest absolute Gasteiger partial charge is 0.365 e. The van der Waals surface area contributed by atoms with Crippen molar-refractivity contribution >= 4 is 17.3 Å². The molecule has 0 aliphatic heterocycles. The zero-order chi connectivity index (χ0) is 13.8. The monoisotopic (exact) mass is 280 g/mol. The summed E-state index contributed by atoms with van der Waals surface area (Å²) in [6, 6.07) is 7.41. The molecule has 1 unspecified atom stereocenters. The van der Waals surface area contributed by atoms with E-state index in [0.717, 1.165) is 12.1 Å². The van der Waals surface area contributed by atoms with Crippen LogP contribution in [0.25, 0.3) is 0 Å². The third-order valence-corrected chi connectivity index (χ3v) is 3.15. The normalized spacial score (nSPS) is 12.4. The number of aromatic nitrogens is 2. The quantitative estimate of drug-likeness (QED) is 0.912. The summed E-state index contributed by atoms with van der Waals surface area (Å²) in [6.07, 6.45) is 0.784. The molecule has 2 N–H and O–H groups in total. The Morgan fingerprint density at radius 2 is 2.05 bits per heavy atom. The topological polar surface area (TPSA) is 68.2 Å². The van der Waals surface area contributed by atoms with E-state index in [1.54, 1.807) is 0 Å². The van der Waals surface area contributed by atoms with Crippen LogP contribution in [0.5, 0.6) is 0 Å². The number of hydrogen-bond donors (Lipinski definition) is 1. The van der Waals surface area contributed by atoms with E-state index in [2.05, 4.69) is 10.1 Å². The summed E-state index contributed by atoms with van der Waals surface area (Å²) < 4.78 is 5.19. The lowest BCUT2D eigenvalue weighted by atomic mass is 10.2. The van der Waals surface area contributed by atoms with Gasteiger partial charge in [-0.3, -0.25) is 0 Å². The zero-order valence-electron chi connectivity index (χ0n) is 11.0. The molecule has 102 valence electrons. The maximum Gasteiger partial charge on any atom is 0.246 e. The van der Waals surface area contributed by atoms with Crippen molar-refractivity contribution in [3.63, 3.8) is 0 Å². The van der Waals surface area contributed by atoms with Crippen LogP contribution in [0.3, 0.4) is 0 Å². The van der Waals surface area contributed by atoms with Gasteiger partial charge in [-0.1, -0.05) is 23.7 Å². The minimum absolute atomic E-state index is 0.168. The number of rotatable bonds is 5. The number of hydrogen-bond acceptors (Lipinski definition) is 5. The SMILES string of the molecule is CCC(N)c1noc(CN(C)c2ccc(Cl)cc2)n1. The summed E-state index contributed by atoms with van der Waals surface area (Å²) in [7, 11) is 1.95. The Hall–Kier alpha value is -1.59. The van der Waals surface area contributed by atoms with E-state index in [0.29, 0.717) is 23.3 Å². The number of nitrogens with zero attached hydrogens (tertiary/aromatic N) is 3. The van der Waals surface area contributed by atoms with Crippen LogP contribution >= 0.6 is 11.6 Å². The summed E-state index contributed by atoms with van der Waals surface area (Å²) in [5.41, 5.74) is 6.88. The van der Waals surface area contributed by atoms with E-state index in [1.165, 1.54) is 0 Å². The highest BCUT2D eigenvalue weighted by molar-refractivity contribution is 6.30. The van der Waals surface area contributed by atoms with Gasteiger partial charge in [0, 0.05) is 17.8 Å². The van der Waals surface area contributed by atoms with Crippen molar-refractivity contribution in [2.45, 2.75) is 25.9 Å². The molecule has 19 heavy (non-hydrogen) atoms. The van der Waals surface area contributed by atoms with Crippen LogP contribution in [0.1, 0.15) is 31.1 Å². The molecule has 0 spiro atoms. The van der Waals surface area contributed by atoms with Crippen LogP contribution in [0.2, 0.25) is 5.02 Å². The van der Waals surface area contributed by atoms with Gasteiger partial charge in [0.25, 0.3) is 0 Å². The zero-order valence-corrected chi connectivity index (χ0v) is 11.8. The Morgan fingerprint density at radius 3 is 2.68 bits per heavy atom. The van der Waals surface area contributed by atoms with Crippen molar-refractivity contribution in [1.82, 2.24) is 10.1 Å². The van der Waals surface area contributed by atoms with Gasteiger partial charge >= 0.3 is 0 Å². The van der Waals surface area contributed by atoms with Crippen LogP contribution in [-0.4, -0.2) is 17.2 Å². The molecule has 0 saturated carbocycles. The lowest BCUT2D eigenvalue weighted by Crippen LogP contribution is -2.17. The molecule has 0 saturated heterocycles. The molecule has 0 aliphatic rings. The van der Waals surface area contributed by atoms with Crippen LogP contribution < -0.4 is 10.6 Å². The van der Waals surface area contributed by atoms with Crippen molar-refractivity contribution in [3.05, 3.63) is 41.0 Å². The molecule has 1 atom stereocenters. The second-order valence-corrected chi connectivity index (χ2v) is 4.83. The number of benzene rings is 1. The molecule has 0 amide bonds. The Bertz CT molecular complexity index is 526. The average molecular weight is 281 g/mol. The average Bonchev–Trinajstić information content (AvgIpc) is 2.87. The lowest BCUT2D eigenvalue weighted by Gasteiger charge is -2.16. The summed E-state index contributed by atoms with van der Waals surface area (Å²) in [5.74, 6) is 1.11. The number of anilines is 1. The summed E-state index contributed by atoms with van der Waals surface area (Å²) >= 11 is 5.86. The molecule has 2 rings (SSSR count). The van der Waals surface area contributed by atoms with Gasteiger partial charge in [-0.15, -0.1) is 0 Å². The molecule has 1 aromatic carbocycles. The van der Waals surface area contributed by atoms with E-state index >= 15 is 0 Å². The van der Waals surface area contributed by atoms with Crippen LogP contribution in [0, 0.1) is 0 Å². The highest BCUT2D eigenvalue weighted by atomic mass is 35.5. The molecule has 1 aromatic heterocycles. The minimum Gasteiger partial charge on any atom is -0.365 e. The van der Waals surface area contributed by atoms with E-state index in [9.17, 15) is 0 Å². The first-order chi connectivity index (χ1) is 9.10. The molecule has 5 nitrogen and oxygen atoms in total. The first-order valence-corrected chi connectivity index (χ1v) is 6.52. The Kier molecular flexibility index (Phi) is 4.39. The minimum atomic E-state index is -0.168. The fourth-order valence-electron chi connectivity index (χ4n) is 1.66. The first kappa shape index (κ1) is 13.8. The Balaban J connectivity index is 2.04. The molecule has 0 bridgehead atoms. The fraction of sp³-hybridized carbons (Fsp3) is 0.385. The maximum absolute atomic E-state index is 5.86. The predicted molar refractivity (Wildman–Crippen MR) is 75.1 cm³/mol. The van der Waals surface area contributed by atoms with Crippen LogP contribution in [-0.2, 0) is 6.54 Å². The highest BCUT2D eigenvalue weighted by Crippen LogP contribution is 2.18. The van der Waals surface area contributed by atoms with E-state index in [4.69, 9.17) is 21.9 Å². The molecule has 1 heterocycles. The Labute approximate surface area is 117 Å². The molecule has 2 aromatic rings. The van der Waals surface area contributed by atoms with E-state index in [-0.39, 0.29) is 6.04 Å². The van der Waals surface area contributed by atoms with Gasteiger partial charge in [-0.2, -0.15) is 4.98 Å². The lowest BCUT2D eigenvalue weighted by molar-refractivity contribution is 0.369. The predicted octanol–water partition coefficient (Wildman–Crippen LogP) is 2.77. The first-order valence-electron chi connectivity index (χ1n) is 6.15. The van der Waals surface area contributed by atoms with Crippen molar-refractivity contribution < 1.29 is 4.52 Å². The summed E-state index contributed by atoms with van der Waals surface area (Å²) in [4.78, 5) is 6.30. The van der Waals surface area contributed by atoms with Gasteiger partial charge in [0.05, 0.1) is 12.6 Å². The highest BCUT2D eigenvalue weighted by Gasteiger charge is 2.13. The van der Waals surface area contributed by atoms with Gasteiger partial charge < -0.3 is 15.2 Å². The van der Waals surface area contributed by atoms with Crippen molar-refractivity contribution in [2.24, 2.45) is 5.73 Å². The molecule has 0 fully saturated rings. The number of halogens is 1. The molecular formula is C13H17ClN4O. The van der Waals surface area contributed by atoms with Crippen molar-refractivity contribution in [1.29, 1.82) is 0 Å². The maximum atomic E-state index is 5.86. The van der Waals surface area contributed by atoms with Crippen molar-refractivity contribution in [2.75, 3.05) is 11.9 Å². The number of nitrogens with two attached hydrogens (primary N) is 1. The third kappa shape index (κ3) is 3.45. The van der Waals surface area contributed by atoms with Gasteiger partial charge in [0.15, 0.2) is 5.82 Å². The van der Waals surface area contributed by atoms with Crippen LogP contribution in [0.4, 0.5) is 5.69 Å². The van der Waals surface area contributed by atoms with E-state index in [1.807, 2.05) is 43.1 Å². The van der Waals surface area contributed by atoms with Gasteiger partial charge in [0.1, 0.15) is 0 Å². The Morgan fingerprint density at radius 1 is 1.37 bits per heavy atom. The van der Waals surface area contributed by atoms with Crippen LogP contribution in [0.15, 0.2) is 28.8 Å². The molecule has 0 aliphatic carbocycles. The van der Waals surface area contributed by atoms with Crippen molar-refractivity contribution in [3.8, 4) is 0 Å². The summed E-state index contributed by atoms with van der Waals surface area (Å²) in [6.45, 7) is 2.52. The summed E-state index contributed by atoms with van der Waals surface area (Å²) in [5, 5.41) is 4.60. The second-order valence-electron chi connectivity index (χ2n) is 4.39. The molecule has 6 heteroatoms. The van der Waals surface area contributed by atoms with Gasteiger partial charge in [-0.25, -0.2) is 0 Å². The van der Waals surface area contributed by atoms with E-state index < -0.39 is 0 Å².